The Hall–Kier alpha value is -0.980. The maximum atomic E-state index is 11.4. The second-order valence-corrected chi connectivity index (χ2v) is 4.16. The molecule has 105 valence electrons. The van der Waals surface area contributed by atoms with Gasteiger partial charge in [0.1, 0.15) is 6.04 Å². The first-order valence-corrected chi connectivity index (χ1v) is 6.34. The number of unbranched alkanes of at least 4 members (excludes halogenated alkanes) is 2. The van der Waals surface area contributed by atoms with Crippen molar-refractivity contribution in [3.63, 3.8) is 0 Å². The standard InChI is InChI=1S/C12H24N3O3/c13-7-3-1-5-10(16)9-18-12(17)11(15)6-2-4-8-14/h9,11H,1-8,13-15H2/t11-/m0/s1. The summed E-state index contributed by atoms with van der Waals surface area (Å²) in [4.78, 5) is 22.7. The minimum atomic E-state index is -0.690. The lowest BCUT2D eigenvalue weighted by Gasteiger charge is -2.10. The van der Waals surface area contributed by atoms with Crippen LogP contribution in [0.25, 0.3) is 0 Å². The van der Waals surface area contributed by atoms with Crippen LogP contribution in [0.5, 0.6) is 0 Å². The first-order valence-electron chi connectivity index (χ1n) is 6.34. The van der Waals surface area contributed by atoms with Crippen molar-refractivity contribution < 1.29 is 14.3 Å². The minimum absolute atomic E-state index is 0.217. The molecule has 0 amide bonds. The summed E-state index contributed by atoms with van der Waals surface area (Å²) >= 11 is 0. The van der Waals surface area contributed by atoms with Crippen molar-refractivity contribution in [3.8, 4) is 0 Å². The number of hydrogen-bond acceptors (Lipinski definition) is 6. The zero-order chi connectivity index (χ0) is 13.8. The van der Waals surface area contributed by atoms with Crippen molar-refractivity contribution in [1.82, 2.24) is 0 Å². The smallest absolute Gasteiger partial charge is 0.323 e. The molecule has 0 aliphatic carbocycles. The molecule has 0 unspecified atom stereocenters. The molecule has 1 atom stereocenters. The second-order valence-electron chi connectivity index (χ2n) is 4.16. The van der Waals surface area contributed by atoms with Gasteiger partial charge >= 0.3 is 5.97 Å². The lowest BCUT2D eigenvalue weighted by molar-refractivity contribution is -0.145. The summed E-state index contributed by atoms with van der Waals surface area (Å²) in [5, 5.41) is 0. The van der Waals surface area contributed by atoms with Gasteiger partial charge in [0.2, 0.25) is 6.61 Å². The van der Waals surface area contributed by atoms with Crippen molar-refractivity contribution in [3.05, 3.63) is 6.61 Å². The van der Waals surface area contributed by atoms with Crippen molar-refractivity contribution in [2.75, 3.05) is 13.1 Å². The molecule has 0 aromatic rings. The Bertz CT molecular complexity index is 247. The summed E-state index contributed by atoms with van der Waals surface area (Å²) < 4.78 is 4.73. The number of carbonyl (C=O) groups excluding carboxylic acids is 2. The van der Waals surface area contributed by atoms with Crippen LogP contribution in [0, 0.1) is 6.61 Å². The highest BCUT2D eigenvalue weighted by atomic mass is 16.5. The fraction of sp³-hybridized carbons (Fsp3) is 0.750. The topological polar surface area (TPSA) is 121 Å². The Labute approximate surface area is 108 Å². The first kappa shape index (κ1) is 17.0. The van der Waals surface area contributed by atoms with Gasteiger partial charge in [0.05, 0.1) is 0 Å². The molecular formula is C12H24N3O3. The van der Waals surface area contributed by atoms with Crippen LogP contribution < -0.4 is 17.2 Å². The van der Waals surface area contributed by atoms with Crippen molar-refractivity contribution in [1.29, 1.82) is 0 Å². The van der Waals surface area contributed by atoms with Crippen LogP contribution >= 0.6 is 0 Å². The van der Waals surface area contributed by atoms with Crippen LogP contribution in [-0.4, -0.2) is 30.9 Å². The average molecular weight is 258 g/mol. The average Bonchev–Trinajstić information content (AvgIpc) is 2.36. The Kier molecular flexibility index (Phi) is 10.5. The number of esters is 1. The number of ketones is 1. The van der Waals surface area contributed by atoms with Crippen LogP contribution in [0.2, 0.25) is 0 Å². The molecule has 0 bridgehead atoms. The number of hydrogen-bond donors (Lipinski definition) is 3. The van der Waals surface area contributed by atoms with Gasteiger partial charge < -0.3 is 21.9 Å². The molecule has 0 spiro atoms. The second kappa shape index (κ2) is 11.1. The Morgan fingerprint density at radius 1 is 1.06 bits per heavy atom. The van der Waals surface area contributed by atoms with Gasteiger partial charge in [-0.05, 0) is 38.8 Å². The van der Waals surface area contributed by atoms with Gasteiger partial charge in [-0.2, -0.15) is 0 Å². The van der Waals surface area contributed by atoms with E-state index >= 15 is 0 Å². The largest absolute Gasteiger partial charge is 0.449 e. The van der Waals surface area contributed by atoms with E-state index in [1.54, 1.807) is 0 Å². The number of rotatable bonds is 11. The van der Waals surface area contributed by atoms with Crippen LogP contribution in [0.1, 0.15) is 38.5 Å². The van der Waals surface area contributed by atoms with Crippen LogP contribution in [0.15, 0.2) is 0 Å². The highest BCUT2D eigenvalue weighted by molar-refractivity contribution is 5.88. The van der Waals surface area contributed by atoms with E-state index in [9.17, 15) is 9.59 Å². The monoisotopic (exact) mass is 258 g/mol. The van der Waals surface area contributed by atoms with Gasteiger partial charge in [0.25, 0.3) is 0 Å². The summed E-state index contributed by atoms with van der Waals surface area (Å²) in [5.41, 5.74) is 16.2. The third-order valence-corrected chi connectivity index (χ3v) is 2.46. The summed E-state index contributed by atoms with van der Waals surface area (Å²) in [5.74, 6) is -0.787. The minimum Gasteiger partial charge on any atom is -0.449 e. The molecule has 6 heteroatoms. The zero-order valence-electron chi connectivity index (χ0n) is 10.8. The normalized spacial score (nSPS) is 12.2. The Morgan fingerprint density at radius 3 is 2.28 bits per heavy atom. The van der Waals surface area contributed by atoms with Gasteiger partial charge in [-0.15, -0.1) is 0 Å². The van der Waals surface area contributed by atoms with Gasteiger partial charge in [-0.25, -0.2) is 0 Å². The maximum absolute atomic E-state index is 11.4. The number of Topliss-reactive ketones (excluding diaryl/α,β-unsaturated/α-hetero) is 1. The van der Waals surface area contributed by atoms with E-state index in [0.29, 0.717) is 32.4 Å². The third-order valence-electron chi connectivity index (χ3n) is 2.46. The molecule has 0 aromatic carbocycles. The summed E-state index contributed by atoms with van der Waals surface area (Å²) in [6, 6.07) is -0.690. The highest BCUT2D eigenvalue weighted by Gasteiger charge is 2.16. The molecule has 0 rings (SSSR count). The quantitative estimate of drug-likeness (QED) is 0.350. The number of ether oxygens (including phenoxy) is 1. The van der Waals surface area contributed by atoms with Crippen LogP contribution in [0.3, 0.4) is 0 Å². The fourth-order valence-corrected chi connectivity index (χ4v) is 1.34. The Balaban J connectivity index is 3.64. The van der Waals surface area contributed by atoms with Crippen molar-refractivity contribution in [2.24, 2.45) is 17.2 Å². The summed E-state index contributed by atoms with van der Waals surface area (Å²) in [6.07, 6.45) is 3.94. The molecular weight excluding hydrogens is 234 g/mol. The zero-order valence-corrected chi connectivity index (χ0v) is 10.8. The number of carbonyl (C=O) groups is 2. The van der Waals surface area contributed by atoms with Crippen molar-refractivity contribution in [2.45, 2.75) is 44.6 Å². The molecule has 0 aromatic heterocycles. The van der Waals surface area contributed by atoms with Gasteiger partial charge in [-0.3, -0.25) is 9.59 Å². The predicted molar refractivity (Wildman–Crippen MR) is 69.2 cm³/mol. The maximum Gasteiger partial charge on any atom is 0.323 e. The molecule has 0 aliphatic heterocycles. The summed E-state index contributed by atoms with van der Waals surface area (Å²) in [7, 11) is 0. The third kappa shape index (κ3) is 9.09. The molecule has 0 fully saturated rings. The lowest BCUT2D eigenvalue weighted by Crippen LogP contribution is -2.32. The molecule has 18 heavy (non-hydrogen) atoms. The summed E-state index contributed by atoms with van der Waals surface area (Å²) in [6.45, 7) is 2.08. The predicted octanol–water partition coefficient (Wildman–Crippen LogP) is -0.154. The van der Waals surface area contributed by atoms with Crippen molar-refractivity contribution >= 4 is 11.8 Å². The molecule has 6 nitrogen and oxygen atoms in total. The van der Waals surface area contributed by atoms with E-state index in [2.05, 4.69) is 0 Å². The molecule has 6 N–H and O–H groups in total. The lowest BCUT2D eigenvalue weighted by atomic mass is 10.1. The fourth-order valence-electron chi connectivity index (χ4n) is 1.34. The SMILES string of the molecule is NCCCCC(=O)[CH]OC(=O)[C@@H](N)CCCCN. The van der Waals surface area contributed by atoms with E-state index in [0.717, 1.165) is 25.9 Å². The van der Waals surface area contributed by atoms with E-state index < -0.39 is 12.0 Å². The molecule has 0 saturated carbocycles. The van der Waals surface area contributed by atoms with E-state index in [1.165, 1.54) is 0 Å². The first-order chi connectivity index (χ1) is 8.61. The molecule has 1 radical (unpaired) electrons. The highest BCUT2D eigenvalue weighted by Crippen LogP contribution is 2.03. The molecule has 0 aliphatic rings. The van der Waals surface area contributed by atoms with E-state index in [4.69, 9.17) is 21.9 Å². The van der Waals surface area contributed by atoms with Gasteiger partial charge in [-0.1, -0.05) is 6.42 Å². The molecule has 0 heterocycles. The molecule has 0 saturated heterocycles. The van der Waals surface area contributed by atoms with Crippen LogP contribution in [0.4, 0.5) is 0 Å². The van der Waals surface area contributed by atoms with Crippen LogP contribution in [-0.2, 0) is 14.3 Å². The number of nitrogens with two attached hydrogens (primary N) is 3. The Morgan fingerprint density at radius 2 is 1.67 bits per heavy atom. The van der Waals surface area contributed by atoms with E-state index in [1.807, 2.05) is 0 Å². The van der Waals surface area contributed by atoms with Gasteiger partial charge in [0.15, 0.2) is 5.78 Å². The van der Waals surface area contributed by atoms with E-state index in [-0.39, 0.29) is 5.78 Å². The van der Waals surface area contributed by atoms with Gasteiger partial charge in [0, 0.05) is 6.42 Å².